The summed E-state index contributed by atoms with van der Waals surface area (Å²) in [4.78, 5) is 23.7. The Morgan fingerprint density at radius 1 is 1.00 bits per heavy atom. The monoisotopic (exact) mass is 318 g/mol. The average molecular weight is 319 g/mol. The van der Waals surface area contributed by atoms with Gasteiger partial charge in [-0.1, -0.05) is 23.7 Å². The first kappa shape index (κ1) is 15.9. The zero-order valence-corrected chi connectivity index (χ0v) is 12.9. The third-order valence-electron chi connectivity index (χ3n) is 2.89. The number of hydrogen-bond acceptors (Lipinski definition) is 3. The molecule has 0 spiro atoms. The maximum Gasteiger partial charge on any atom is 0.314 e. The van der Waals surface area contributed by atoms with Gasteiger partial charge in [-0.15, -0.1) is 0 Å². The molecule has 0 aliphatic heterocycles. The molecule has 0 heterocycles. The Kier molecular flexibility index (Phi) is 5.01. The normalized spacial score (nSPS) is 9.95. The molecule has 5 nitrogen and oxygen atoms in total. The lowest BCUT2D eigenvalue weighted by molar-refractivity contribution is -0.132. The van der Waals surface area contributed by atoms with Crippen molar-refractivity contribution < 1.29 is 14.3 Å². The van der Waals surface area contributed by atoms with Gasteiger partial charge in [0.2, 0.25) is 0 Å². The Morgan fingerprint density at radius 3 is 2.18 bits per heavy atom. The van der Waals surface area contributed by atoms with Gasteiger partial charge in [-0.25, -0.2) is 0 Å². The van der Waals surface area contributed by atoms with Gasteiger partial charge in [0.1, 0.15) is 5.75 Å². The smallest absolute Gasteiger partial charge is 0.314 e. The van der Waals surface area contributed by atoms with Crippen LogP contribution in [0.25, 0.3) is 0 Å². The van der Waals surface area contributed by atoms with Crippen molar-refractivity contribution in [2.45, 2.75) is 6.92 Å². The van der Waals surface area contributed by atoms with E-state index in [4.69, 9.17) is 16.3 Å². The van der Waals surface area contributed by atoms with Crippen molar-refractivity contribution in [2.24, 2.45) is 0 Å². The molecule has 0 fully saturated rings. The number of nitrogens with one attached hydrogen (secondary N) is 2. The largest absolute Gasteiger partial charge is 0.495 e. The van der Waals surface area contributed by atoms with E-state index in [2.05, 4.69) is 10.6 Å². The predicted octanol–water partition coefficient (Wildman–Crippen LogP) is 3.23. The predicted molar refractivity (Wildman–Crippen MR) is 86.4 cm³/mol. The second-order valence-corrected chi connectivity index (χ2v) is 5.03. The quantitative estimate of drug-likeness (QED) is 0.854. The SMILES string of the molecule is COc1ccc(NC(=O)C(=O)Nc2cccc(C)c2)cc1Cl. The number of benzene rings is 2. The first-order valence-electron chi connectivity index (χ1n) is 6.52. The van der Waals surface area contributed by atoms with Crippen LogP contribution in [-0.2, 0) is 9.59 Å². The van der Waals surface area contributed by atoms with Crippen molar-refractivity contribution >= 4 is 34.8 Å². The van der Waals surface area contributed by atoms with E-state index in [1.165, 1.54) is 13.2 Å². The van der Waals surface area contributed by atoms with Gasteiger partial charge in [0.05, 0.1) is 12.1 Å². The summed E-state index contributed by atoms with van der Waals surface area (Å²) in [6.07, 6.45) is 0. The van der Waals surface area contributed by atoms with Crippen molar-refractivity contribution in [2.75, 3.05) is 17.7 Å². The number of anilines is 2. The number of carbonyl (C=O) groups excluding carboxylic acids is 2. The van der Waals surface area contributed by atoms with Crippen LogP contribution < -0.4 is 15.4 Å². The van der Waals surface area contributed by atoms with Gasteiger partial charge in [0.15, 0.2) is 0 Å². The zero-order chi connectivity index (χ0) is 16.1. The molecule has 0 saturated heterocycles. The van der Waals surface area contributed by atoms with Crippen molar-refractivity contribution in [1.82, 2.24) is 0 Å². The van der Waals surface area contributed by atoms with Gasteiger partial charge < -0.3 is 15.4 Å². The van der Waals surface area contributed by atoms with Crippen molar-refractivity contribution in [3.8, 4) is 5.75 Å². The molecule has 0 saturated carbocycles. The highest BCUT2D eigenvalue weighted by molar-refractivity contribution is 6.43. The maximum atomic E-state index is 11.9. The van der Waals surface area contributed by atoms with Gasteiger partial charge in [-0.2, -0.15) is 0 Å². The van der Waals surface area contributed by atoms with Crippen molar-refractivity contribution in [3.63, 3.8) is 0 Å². The molecule has 0 bridgehead atoms. The summed E-state index contributed by atoms with van der Waals surface area (Å²) in [5.41, 5.74) is 1.96. The number of halogens is 1. The molecular formula is C16H15ClN2O3. The van der Waals surface area contributed by atoms with Crippen molar-refractivity contribution in [3.05, 3.63) is 53.1 Å². The van der Waals surface area contributed by atoms with Crippen LogP contribution in [0.5, 0.6) is 5.75 Å². The number of ether oxygens (including phenoxy) is 1. The summed E-state index contributed by atoms with van der Waals surface area (Å²) in [5.74, 6) is -1.04. The third-order valence-corrected chi connectivity index (χ3v) is 3.19. The Labute approximate surface area is 133 Å². The molecule has 2 rings (SSSR count). The summed E-state index contributed by atoms with van der Waals surface area (Å²) in [6, 6.07) is 11.9. The molecule has 2 N–H and O–H groups in total. The number of rotatable bonds is 3. The third kappa shape index (κ3) is 3.99. The summed E-state index contributed by atoms with van der Waals surface area (Å²) in [6.45, 7) is 1.90. The lowest BCUT2D eigenvalue weighted by Crippen LogP contribution is -2.29. The standard InChI is InChI=1S/C16H15ClN2O3/c1-10-4-3-5-11(8-10)18-15(20)16(21)19-12-6-7-14(22-2)13(17)9-12/h3-9H,1-2H3,(H,18,20)(H,19,21). The minimum absolute atomic E-state index is 0.347. The first-order chi connectivity index (χ1) is 10.5. The van der Waals surface area contributed by atoms with Gasteiger partial charge in [-0.05, 0) is 42.8 Å². The number of methoxy groups -OCH3 is 1. The van der Waals surface area contributed by atoms with Gasteiger partial charge >= 0.3 is 11.8 Å². The van der Waals surface area contributed by atoms with Crippen LogP contribution in [0, 0.1) is 6.92 Å². The summed E-state index contributed by atoms with van der Waals surface area (Å²) in [5, 5.41) is 5.36. The molecule has 0 aromatic heterocycles. The molecule has 0 aliphatic carbocycles. The number of amides is 2. The number of hydrogen-bond donors (Lipinski definition) is 2. The van der Waals surface area contributed by atoms with E-state index in [1.807, 2.05) is 13.0 Å². The Bertz CT molecular complexity index is 716. The van der Waals surface area contributed by atoms with Crippen LogP contribution in [0.4, 0.5) is 11.4 Å². The van der Waals surface area contributed by atoms with Crippen LogP contribution in [0.15, 0.2) is 42.5 Å². The van der Waals surface area contributed by atoms with Gasteiger partial charge in [-0.3, -0.25) is 9.59 Å². The second kappa shape index (κ2) is 6.95. The lowest BCUT2D eigenvalue weighted by atomic mass is 10.2. The Balaban J connectivity index is 2.02. The van der Waals surface area contributed by atoms with Crippen molar-refractivity contribution in [1.29, 1.82) is 0 Å². The van der Waals surface area contributed by atoms with Crippen LogP contribution in [0.3, 0.4) is 0 Å². The average Bonchev–Trinajstić information content (AvgIpc) is 2.47. The summed E-state index contributed by atoms with van der Waals surface area (Å²) >= 11 is 5.96. The molecule has 0 atom stereocenters. The van der Waals surface area contributed by atoms with Crippen LogP contribution >= 0.6 is 11.6 Å². The minimum atomic E-state index is -0.775. The fourth-order valence-corrected chi connectivity index (χ4v) is 2.10. The van der Waals surface area contributed by atoms with Crippen LogP contribution in [0.2, 0.25) is 5.02 Å². The second-order valence-electron chi connectivity index (χ2n) is 4.63. The fourth-order valence-electron chi connectivity index (χ4n) is 1.84. The topological polar surface area (TPSA) is 67.4 Å². The molecule has 22 heavy (non-hydrogen) atoms. The van der Waals surface area contributed by atoms with E-state index in [0.29, 0.717) is 22.1 Å². The number of carbonyl (C=O) groups is 2. The Hall–Kier alpha value is -2.53. The molecule has 2 aromatic rings. The molecule has 114 valence electrons. The lowest BCUT2D eigenvalue weighted by Gasteiger charge is -2.09. The van der Waals surface area contributed by atoms with Gasteiger partial charge in [0, 0.05) is 11.4 Å². The van der Waals surface area contributed by atoms with Crippen LogP contribution in [0.1, 0.15) is 5.56 Å². The van der Waals surface area contributed by atoms with E-state index in [-0.39, 0.29) is 0 Å². The Morgan fingerprint density at radius 2 is 1.64 bits per heavy atom. The molecule has 0 aliphatic rings. The molecule has 2 aromatic carbocycles. The highest BCUT2D eigenvalue weighted by atomic mass is 35.5. The maximum absolute atomic E-state index is 11.9. The fraction of sp³-hybridized carbons (Fsp3) is 0.125. The molecular weight excluding hydrogens is 304 g/mol. The minimum Gasteiger partial charge on any atom is -0.495 e. The summed E-state index contributed by atoms with van der Waals surface area (Å²) < 4.78 is 5.02. The zero-order valence-electron chi connectivity index (χ0n) is 12.1. The van der Waals surface area contributed by atoms with E-state index < -0.39 is 11.8 Å². The molecule has 0 radical (unpaired) electrons. The summed E-state index contributed by atoms with van der Waals surface area (Å²) in [7, 11) is 1.49. The first-order valence-corrected chi connectivity index (χ1v) is 6.90. The highest BCUT2D eigenvalue weighted by Crippen LogP contribution is 2.27. The number of aryl methyl sites for hydroxylation is 1. The molecule has 6 heteroatoms. The van der Waals surface area contributed by atoms with E-state index in [9.17, 15) is 9.59 Å². The highest BCUT2D eigenvalue weighted by Gasteiger charge is 2.14. The van der Waals surface area contributed by atoms with Gasteiger partial charge in [0.25, 0.3) is 0 Å². The van der Waals surface area contributed by atoms with E-state index in [0.717, 1.165) is 5.56 Å². The van der Waals surface area contributed by atoms with Crippen LogP contribution in [-0.4, -0.2) is 18.9 Å². The molecule has 0 unspecified atom stereocenters. The van der Waals surface area contributed by atoms with E-state index >= 15 is 0 Å². The molecule has 2 amide bonds. The van der Waals surface area contributed by atoms with E-state index in [1.54, 1.807) is 30.3 Å².